The lowest BCUT2D eigenvalue weighted by molar-refractivity contribution is 0.199. The van der Waals surface area contributed by atoms with Crippen molar-refractivity contribution in [2.75, 3.05) is 31.1 Å². The lowest BCUT2D eigenvalue weighted by Gasteiger charge is -2.39. The summed E-state index contributed by atoms with van der Waals surface area (Å²) >= 11 is 6.04. The third-order valence-corrected chi connectivity index (χ3v) is 6.83. The van der Waals surface area contributed by atoms with Crippen LogP contribution < -0.4 is 15.8 Å². The molecule has 2 aliphatic rings. The second-order valence-electron chi connectivity index (χ2n) is 8.78. The topological polar surface area (TPSA) is 54.6 Å². The maximum atomic E-state index is 13.0. The van der Waals surface area contributed by atoms with Gasteiger partial charge in [-0.15, -0.1) is 0 Å². The number of hydrogen-bond donors (Lipinski definition) is 1. The van der Waals surface area contributed by atoms with E-state index in [1.54, 1.807) is 10.5 Å². The Morgan fingerprint density at radius 1 is 1.20 bits per heavy atom. The molecule has 2 saturated heterocycles. The van der Waals surface area contributed by atoms with E-state index in [0.29, 0.717) is 10.4 Å². The predicted octanol–water partition coefficient (Wildman–Crippen LogP) is 3.81. The summed E-state index contributed by atoms with van der Waals surface area (Å²) in [6.07, 6.45) is 6.43. The van der Waals surface area contributed by atoms with Crippen LogP contribution in [0.4, 0.5) is 5.82 Å². The molecule has 1 spiro atoms. The Morgan fingerprint density at radius 2 is 2.00 bits per heavy atom. The van der Waals surface area contributed by atoms with Crippen LogP contribution in [0, 0.1) is 5.41 Å². The van der Waals surface area contributed by atoms with Crippen molar-refractivity contribution in [1.82, 2.24) is 19.3 Å². The molecule has 0 unspecified atom stereocenters. The second-order valence-corrected chi connectivity index (χ2v) is 9.21. The van der Waals surface area contributed by atoms with Gasteiger partial charge in [0.15, 0.2) is 0 Å². The minimum absolute atomic E-state index is 0.0212. The van der Waals surface area contributed by atoms with Crippen molar-refractivity contribution < 1.29 is 0 Å². The maximum Gasteiger partial charge on any atom is 0.261 e. The van der Waals surface area contributed by atoms with Gasteiger partial charge in [-0.05, 0) is 25.0 Å². The molecule has 1 aromatic carbocycles. The third-order valence-electron chi connectivity index (χ3n) is 6.58. The molecule has 4 heterocycles. The van der Waals surface area contributed by atoms with Crippen molar-refractivity contribution in [3.05, 3.63) is 51.9 Å². The Balaban J connectivity index is 1.59. The molecule has 0 saturated carbocycles. The zero-order valence-electron chi connectivity index (χ0n) is 17.4. The van der Waals surface area contributed by atoms with E-state index < -0.39 is 0 Å². The van der Waals surface area contributed by atoms with Crippen molar-refractivity contribution >= 4 is 23.2 Å². The van der Waals surface area contributed by atoms with Crippen LogP contribution in [0.5, 0.6) is 0 Å². The Bertz CT molecular complexity index is 1110. The summed E-state index contributed by atoms with van der Waals surface area (Å²) in [5, 5.41) is 4.11. The largest absolute Gasteiger partial charge is 0.357 e. The molecule has 7 heteroatoms. The van der Waals surface area contributed by atoms with Gasteiger partial charge in [0.25, 0.3) is 5.56 Å². The molecule has 5 rings (SSSR count). The van der Waals surface area contributed by atoms with Crippen LogP contribution >= 0.6 is 11.6 Å². The van der Waals surface area contributed by atoms with Crippen molar-refractivity contribution in [2.45, 2.75) is 39.2 Å². The van der Waals surface area contributed by atoms with E-state index >= 15 is 0 Å². The molecule has 2 fully saturated rings. The monoisotopic (exact) mass is 425 g/mol. The molecule has 158 valence electrons. The number of nitrogens with one attached hydrogen (secondary N) is 1. The van der Waals surface area contributed by atoms with Crippen molar-refractivity contribution in [2.24, 2.45) is 5.41 Å². The fraction of sp³-hybridized carbons (Fsp3) is 0.478. The smallest absolute Gasteiger partial charge is 0.261 e. The first-order chi connectivity index (χ1) is 14.6. The Kier molecular flexibility index (Phi) is 5.07. The summed E-state index contributed by atoms with van der Waals surface area (Å²) in [4.78, 5) is 20.3. The van der Waals surface area contributed by atoms with E-state index in [9.17, 15) is 4.79 Å². The average Bonchev–Trinajstić information content (AvgIpc) is 3.36. The number of benzene rings is 1. The van der Waals surface area contributed by atoms with Gasteiger partial charge in [0, 0.05) is 61.0 Å². The molecule has 6 nitrogen and oxygen atoms in total. The molecule has 0 bridgehead atoms. The van der Waals surface area contributed by atoms with Gasteiger partial charge in [0.05, 0.1) is 5.69 Å². The second kappa shape index (κ2) is 7.75. The summed E-state index contributed by atoms with van der Waals surface area (Å²) in [5.74, 6) is 1.74. The molecule has 3 aromatic rings. The zero-order valence-corrected chi connectivity index (χ0v) is 18.2. The molecule has 1 N–H and O–H groups in total. The van der Waals surface area contributed by atoms with Crippen LogP contribution in [0.15, 0.2) is 41.3 Å². The van der Waals surface area contributed by atoms with Crippen LogP contribution in [-0.4, -0.2) is 40.1 Å². The first-order valence-corrected chi connectivity index (χ1v) is 11.3. The highest BCUT2D eigenvalue weighted by Crippen LogP contribution is 2.36. The minimum Gasteiger partial charge on any atom is -0.357 e. The molecule has 0 atom stereocenters. The SMILES string of the molecule is CCCCCn1c(N2CCC3(CNC3)C2)cc(=O)n2cc(-c3ccc(Cl)cc3)nc12. The predicted molar refractivity (Wildman–Crippen MR) is 122 cm³/mol. The zero-order chi connectivity index (χ0) is 20.7. The van der Waals surface area contributed by atoms with Gasteiger partial charge in [0.2, 0.25) is 5.78 Å². The standard InChI is InChI=1S/C23H28ClN5O/c1-2-3-4-10-28-20(27-11-9-23(16-27)14-25-15-23)12-21(30)29-13-19(26-22(28)29)17-5-7-18(24)8-6-17/h5-8,12-13,25H,2-4,9-11,14-16H2,1H3. The number of hydrogen-bond acceptors (Lipinski definition) is 4. The van der Waals surface area contributed by atoms with Crippen LogP contribution in [0.25, 0.3) is 17.0 Å². The Morgan fingerprint density at radius 3 is 2.67 bits per heavy atom. The van der Waals surface area contributed by atoms with E-state index in [0.717, 1.165) is 74.8 Å². The van der Waals surface area contributed by atoms with Gasteiger partial charge in [-0.25, -0.2) is 4.98 Å². The van der Waals surface area contributed by atoms with Crippen molar-refractivity contribution in [1.29, 1.82) is 0 Å². The van der Waals surface area contributed by atoms with Crippen LogP contribution in [-0.2, 0) is 6.54 Å². The first-order valence-electron chi connectivity index (χ1n) is 10.9. The molecular formula is C23H28ClN5O. The van der Waals surface area contributed by atoms with Gasteiger partial charge < -0.3 is 10.2 Å². The molecule has 0 aliphatic carbocycles. The van der Waals surface area contributed by atoms with Crippen molar-refractivity contribution in [3.8, 4) is 11.3 Å². The molecule has 0 amide bonds. The first kappa shape index (κ1) is 19.6. The molecule has 0 radical (unpaired) electrons. The normalized spacial score (nSPS) is 17.7. The highest BCUT2D eigenvalue weighted by atomic mass is 35.5. The molecule has 2 aliphatic heterocycles. The van der Waals surface area contributed by atoms with Crippen LogP contribution in [0.1, 0.15) is 32.6 Å². The summed E-state index contributed by atoms with van der Waals surface area (Å²) in [7, 11) is 0. The maximum absolute atomic E-state index is 13.0. The molecule has 2 aromatic heterocycles. The molecular weight excluding hydrogens is 398 g/mol. The summed E-state index contributed by atoms with van der Waals surface area (Å²) in [6, 6.07) is 9.42. The quantitative estimate of drug-likeness (QED) is 0.610. The summed E-state index contributed by atoms with van der Waals surface area (Å²) in [6.45, 7) is 7.24. The van der Waals surface area contributed by atoms with Gasteiger partial charge >= 0.3 is 0 Å². The number of rotatable bonds is 6. The number of anilines is 1. The van der Waals surface area contributed by atoms with Gasteiger partial charge in [-0.2, -0.15) is 0 Å². The number of imidazole rings is 1. The lowest BCUT2D eigenvalue weighted by Crippen LogP contribution is -2.54. The Hall–Kier alpha value is -2.31. The number of aryl methyl sites for hydroxylation is 1. The van der Waals surface area contributed by atoms with Gasteiger partial charge in [0.1, 0.15) is 5.82 Å². The Labute approximate surface area is 181 Å². The number of halogens is 1. The van der Waals surface area contributed by atoms with Gasteiger partial charge in [-0.3, -0.25) is 13.8 Å². The fourth-order valence-corrected chi connectivity index (χ4v) is 4.86. The van der Waals surface area contributed by atoms with Crippen molar-refractivity contribution in [3.63, 3.8) is 0 Å². The third kappa shape index (κ3) is 3.42. The lowest BCUT2D eigenvalue weighted by atomic mass is 9.81. The summed E-state index contributed by atoms with van der Waals surface area (Å²) < 4.78 is 3.94. The number of unbranched alkanes of at least 4 members (excludes halogenated alkanes) is 2. The summed E-state index contributed by atoms with van der Waals surface area (Å²) in [5.41, 5.74) is 2.11. The van der Waals surface area contributed by atoms with E-state index in [1.807, 2.05) is 30.5 Å². The highest BCUT2D eigenvalue weighted by molar-refractivity contribution is 6.30. The van der Waals surface area contributed by atoms with E-state index in [2.05, 4.69) is 21.7 Å². The van der Waals surface area contributed by atoms with Gasteiger partial charge in [-0.1, -0.05) is 43.5 Å². The highest BCUT2D eigenvalue weighted by Gasteiger charge is 2.43. The van der Waals surface area contributed by atoms with E-state index in [-0.39, 0.29) is 5.56 Å². The van der Waals surface area contributed by atoms with Crippen LogP contribution in [0.3, 0.4) is 0 Å². The number of nitrogens with zero attached hydrogens (tertiary/aromatic N) is 4. The fourth-order valence-electron chi connectivity index (χ4n) is 4.74. The number of aromatic nitrogens is 3. The molecule has 30 heavy (non-hydrogen) atoms. The van der Waals surface area contributed by atoms with E-state index in [1.165, 1.54) is 6.42 Å². The minimum atomic E-state index is -0.0212. The number of fused-ring (bicyclic) bond motifs is 1. The van der Waals surface area contributed by atoms with Crippen LogP contribution in [0.2, 0.25) is 5.02 Å². The average molecular weight is 426 g/mol. The van der Waals surface area contributed by atoms with E-state index in [4.69, 9.17) is 16.6 Å².